The van der Waals surface area contributed by atoms with Crippen LogP contribution in [0.2, 0.25) is 0 Å². The molecule has 152 valence electrons. The van der Waals surface area contributed by atoms with Gasteiger partial charge in [0.1, 0.15) is 0 Å². The van der Waals surface area contributed by atoms with Crippen molar-refractivity contribution in [2.75, 3.05) is 32.7 Å². The van der Waals surface area contributed by atoms with Gasteiger partial charge in [-0.3, -0.25) is 14.4 Å². The van der Waals surface area contributed by atoms with Crippen LogP contribution in [0, 0.1) is 5.41 Å². The number of amides is 3. The van der Waals surface area contributed by atoms with Gasteiger partial charge in [0.15, 0.2) is 0 Å². The number of nitrogens with zero attached hydrogens (tertiary/aromatic N) is 2. The SMILES string of the molecule is CCN1CC2(CCN(C(=O)CCNC(C)=O)CC2)C[C@H](c2ccccc2)C1=O. The van der Waals surface area contributed by atoms with Crippen LogP contribution in [-0.2, 0) is 14.4 Å². The number of hydrogen-bond donors (Lipinski definition) is 1. The molecule has 6 heteroatoms. The van der Waals surface area contributed by atoms with Crippen molar-refractivity contribution in [3.8, 4) is 0 Å². The fourth-order valence-corrected chi connectivity index (χ4v) is 4.60. The molecule has 3 amide bonds. The molecule has 0 radical (unpaired) electrons. The molecule has 1 atom stereocenters. The first-order chi connectivity index (χ1) is 13.4. The molecule has 2 saturated heterocycles. The van der Waals surface area contributed by atoms with E-state index in [9.17, 15) is 14.4 Å². The summed E-state index contributed by atoms with van der Waals surface area (Å²) >= 11 is 0. The Bertz CT molecular complexity index is 711. The Labute approximate surface area is 167 Å². The van der Waals surface area contributed by atoms with Crippen LogP contribution in [0.4, 0.5) is 0 Å². The van der Waals surface area contributed by atoms with E-state index in [1.807, 2.05) is 34.9 Å². The maximum absolute atomic E-state index is 13.0. The number of carbonyl (C=O) groups is 3. The van der Waals surface area contributed by atoms with Gasteiger partial charge >= 0.3 is 0 Å². The molecular formula is C22H31N3O3. The molecule has 0 aliphatic carbocycles. The maximum atomic E-state index is 13.0. The minimum atomic E-state index is -0.108. The van der Waals surface area contributed by atoms with Gasteiger partial charge in [-0.05, 0) is 37.2 Å². The fourth-order valence-electron chi connectivity index (χ4n) is 4.60. The van der Waals surface area contributed by atoms with Crippen molar-refractivity contribution in [2.45, 2.75) is 45.4 Å². The molecule has 2 heterocycles. The maximum Gasteiger partial charge on any atom is 0.230 e. The lowest BCUT2D eigenvalue weighted by atomic mass is 9.67. The highest BCUT2D eigenvalue weighted by molar-refractivity contribution is 5.85. The molecule has 2 aliphatic rings. The summed E-state index contributed by atoms with van der Waals surface area (Å²) in [6.45, 7) is 6.87. The van der Waals surface area contributed by atoms with Gasteiger partial charge in [-0.15, -0.1) is 0 Å². The van der Waals surface area contributed by atoms with E-state index in [0.29, 0.717) is 13.0 Å². The van der Waals surface area contributed by atoms with Gasteiger partial charge in [-0.25, -0.2) is 0 Å². The molecule has 1 spiro atoms. The zero-order chi connectivity index (χ0) is 20.1. The van der Waals surface area contributed by atoms with E-state index in [0.717, 1.165) is 51.0 Å². The minimum Gasteiger partial charge on any atom is -0.356 e. The van der Waals surface area contributed by atoms with Gasteiger partial charge in [0.25, 0.3) is 0 Å². The summed E-state index contributed by atoms with van der Waals surface area (Å²) in [5.41, 5.74) is 1.18. The lowest BCUT2D eigenvalue weighted by Crippen LogP contribution is -2.54. The van der Waals surface area contributed by atoms with Crippen molar-refractivity contribution in [1.82, 2.24) is 15.1 Å². The Morgan fingerprint density at radius 3 is 2.46 bits per heavy atom. The smallest absolute Gasteiger partial charge is 0.230 e. The van der Waals surface area contributed by atoms with E-state index in [1.165, 1.54) is 6.92 Å². The Kier molecular flexibility index (Phi) is 6.37. The molecular weight excluding hydrogens is 354 g/mol. The number of carbonyl (C=O) groups excluding carboxylic acids is 3. The van der Waals surface area contributed by atoms with Crippen molar-refractivity contribution in [1.29, 1.82) is 0 Å². The van der Waals surface area contributed by atoms with Crippen LogP contribution < -0.4 is 5.32 Å². The molecule has 2 fully saturated rings. The van der Waals surface area contributed by atoms with Gasteiger partial charge < -0.3 is 15.1 Å². The van der Waals surface area contributed by atoms with Gasteiger partial charge in [0.05, 0.1) is 5.92 Å². The van der Waals surface area contributed by atoms with Crippen LogP contribution in [-0.4, -0.2) is 60.2 Å². The summed E-state index contributed by atoms with van der Waals surface area (Å²) in [4.78, 5) is 40.3. The highest BCUT2D eigenvalue weighted by Crippen LogP contribution is 2.45. The summed E-state index contributed by atoms with van der Waals surface area (Å²) < 4.78 is 0. The number of likely N-dealkylation sites (tertiary alicyclic amines) is 2. The number of benzene rings is 1. The van der Waals surface area contributed by atoms with E-state index >= 15 is 0 Å². The first-order valence-corrected chi connectivity index (χ1v) is 10.3. The van der Waals surface area contributed by atoms with Crippen LogP contribution in [0.3, 0.4) is 0 Å². The van der Waals surface area contributed by atoms with E-state index < -0.39 is 0 Å². The summed E-state index contributed by atoms with van der Waals surface area (Å²) in [5, 5.41) is 2.68. The number of nitrogens with one attached hydrogen (secondary N) is 1. The van der Waals surface area contributed by atoms with Crippen LogP contribution in [0.5, 0.6) is 0 Å². The van der Waals surface area contributed by atoms with Gasteiger partial charge in [-0.1, -0.05) is 30.3 Å². The molecule has 1 N–H and O–H groups in total. The minimum absolute atomic E-state index is 0.0822. The first kappa shape index (κ1) is 20.4. The highest BCUT2D eigenvalue weighted by atomic mass is 16.2. The summed E-state index contributed by atoms with van der Waals surface area (Å²) in [7, 11) is 0. The van der Waals surface area contributed by atoms with Crippen LogP contribution in [0.1, 0.15) is 51.0 Å². The van der Waals surface area contributed by atoms with Crippen molar-refractivity contribution < 1.29 is 14.4 Å². The summed E-state index contributed by atoms with van der Waals surface area (Å²) in [6.07, 6.45) is 3.05. The predicted molar refractivity (Wildman–Crippen MR) is 108 cm³/mol. The third-order valence-corrected chi connectivity index (χ3v) is 6.25. The van der Waals surface area contributed by atoms with E-state index in [4.69, 9.17) is 0 Å². The molecule has 2 aliphatic heterocycles. The second-order valence-electron chi connectivity index (χ2n) is 8.13. The molecule has 0 saturated carbocycles. The summed E-state index contributed by atoms with van der Waals surface area (Å²) in [5.74, 6) is 0.136. The van der Waals surface area contributed by atoms with E-state index in [-0.39, 0.29) is 29.1 Å². The molecule has 1 aromatic rings. The number of piperidine rings is 2. The van der Waals surface area contributed by atoms with Crippen LogP contribution >= 0.6 is 0 Å². The first-order valence-electron chi connectivity index (χ1n) is 10.3. The van der Waals surface area contributed by atoms with E-state index in [1.54, 1.807) is 0 Å². The van der Waals surface area contributed by atoms with Gasteiger partial charge in [0.2, 0.25) is 17.7 Å². The molecule has 0 bridgehead atoms. The average Bonchev–Trinajstić information content (AvgIpc) is 2.70. The molecule has 3 rings (SSSR count). The molecule has 0 aromatic heterocycles. The Morgan fingerprint density at radius 2 is 1.86 bits per heavy atom. The lowest BCUT2D eigenvalue weighted by molar-refractivity contribution is -0.144. The third kappa shape index (κ3) is 4.54. The normalized spacial score (nSPS) is 21.6. The quantitative estimate of drug-likeness (QED) is 0.844. The highest BCUT2D eigenvalue weighted by Gasteiger charge is 2.46. The van der Waals surface area contributed by atoms with Crippen molar-refractivity contribution >= 4 is 17.7 Å². The van der Waals surface area contributed by atoms with Gasteiger partial charge in [0, 0.05) is 46.1 Å². The average molecular weight is 386 g/mol. The molecule has 0 unspecified atom stereocenters. The second kappa shape index (κ2) is 8.76. The van der Waals surface area contributed by atoms with Gasteiger partial charge in [-0.2, -0.15) is 0 Å². The van der Waals surface area contributed by atoms with Crippen molar-refractivity contribution in [3.05, 3.63) is 35.9 Å². The number of rotatable bonds is 5. The summed E-state index contributed by atoms with van der Waals surface area (Å²) in [6, 6.07) is 10.1. The third-order valence-electron chi connectivity index (χ3n) is 6.25. The zero-order valence-electron chi connectivity index (χ0n) is 16.9. The number of likely N-dealkylation sites (N-methyl/N-ethyl adjacent to an activating group) is 1. The van der Waals surface area contributed by atoms with E-state index in [2.05, 4.69) is 17.4 Å². The Morgan fingerprint density at radius 1 is 1.18 bits per heavy atom. The topological polar surface area (TPSA) is 69.7 Å². The second-order valence-corrected chi connectivity index (χ2v) is 8.13. The lowest BCUT2D eigenvalue weighted by Gasteiger charge is -2.49. The Hall–Kier alpha value is -2.37. The molecule has 28 heavy (non-hydrogen) atoms. The zero-order valence-corrected chi connectivity index (χ0v) is 16.9. The predicted octanol–water partition coefficient (Wildman–Crippen LogP) is 2.16. The molecule has 6 nitrogen and oxygen atoms in total. The Balaban J connectivity index is 1.65. The number of hydrogen-bond acceptors (Lipinski definition) is 3. The van der Waals surface area contributed by atoms with Crippen LogP contribution in [0.15, 0.2) is 30.3 Å². The molecule has 1 aromatic carbocycles. The van der Waals surface area contributed by atoms with Crippen molar-refractivity contribution in [3.63, 3.8) is 0 Å². The standard InChI is InChI=1S/C22H31N3O3/c1-3-24-16-22(15-19(21(24)28)18-7-5-4-6-8-18)10-13-25(14-11-22)20(27)9-12-23-17(2)26/h4-8,19H,3,9-16H2,1-2H3,(H,23,26)/t19-/m1/s1. The largest absolute Gasteiger partial charge is 0.356 e. The van der Waals surface area contributed by atoms with Crippen LogP contribution in [0.25, 0.3) is 0 Å². The van der Waals surface area contributed by atoms with Crippen molar-refractivity contribution in [2.24, 2.45) is 5.41 Å². The monoisotopic (exact) mass is 385 g/mol. The fraction of sp³-hybridized carbons (Fsp3) is 0.591.